The third kappa shape index (κ3) is 2.05. The molecule has 4 heterocycles. The summed E-state index contributed by atoms with van der Waals surface area (Å²) in [6, 6.07) is 7.43. The maximum Gasteiger partial charge on any atom is 0.329 e. The van der Waals surface area contributed by atoms with E-state index in [-0.39, 0.29) is 17.5 Å². The van der Waals surface area contributed by atoms with E-state index >= 15 is 0 Å². The summed E-state index contributed by atoms with van der Waals surface area (Å²) in [6.07, 6.45) is 3.12. The molecule has 1 N–H and O–H groups in total. The Morgan fingerprint density at radius 1 is 1.16 bits per heavy atom. The van der Waals surface area contributed by atoms with Crippen LogP contribution in [0.2, 0.25) is 0 Å². The normalized spacial score (nSPS) is 37.3. The van der Waals surface area contributed by atoms with Gasteiger partial charge in [-0.1, -0.05) is 18.2 Å². The van der Waals surface area contributed by atoms with E-state index in [1.807, 2.05) is 38.1 Å². The number of para-hydroxylation sites is 1. The number of hydrogen-bond donors (Lipinski definition) is 1. The van der Waals surface area contributed by atoms with Gasteiger partial charge in [0.05, 0.1) is 11.1 Å². The predicted molar refractivity (Wildman–Crippen MR) is 95.5 cm³/mol. The fraction of sp³-hybridized carbons (Fsp3) is 0.600. The molecule has 5 aliphatic rings. The number of amides is 3. The number of nitrogens with zero attached hydrogens (tertiary/aromatic N) is 2. The lowest BCUT2D eigenvalue weighted by molar-refractivity contribution is -0.121. The van der Waals surface area contributed by atoms with E-state index in [2.05, 4.69) is 10.2 Å². The highest BCUT2D eigenvalue weighted by Gasteiger charge is 2.54. The quantitative estimate of drug-likeness (QED) is 0.855. The number of carbonyl (C=O) groups is 2. The molecule has 4 fully saturated rings. The summed E-state index contributed by atoms with van der Waals surface area (Å²) >= 11 is 0. The van der Waals surface area contributed by atoms with Gasteiger partial charge in [-0.2, -0.15) is 0 Å². The highest BCUT2D eigenvalue weighted by atomic mass is 16.2. The summed E-state index contributed by atoms with van der Waals surface area (Å²) in [5, 5.41) is 3.31. The second-order valence-electron chi connectivity index (χ2n) is 8.93. The van der Waals surface area contributed by atoms with Crippen molar-refractivity contribution in [3.63, 3.8) is 0 Å². The summed E-state index contributed by atoms with van der Waals surface area (Å²) in [6.45, 7) is 7.23. The number of urea groups is 1. The third-order valence-corrected chi connectivity index (χ3v) is 7.00. The molecule has 1 aliphatic carbocycles. The van der Waals surface area contributed by atoms with Gasteiger partial charge >= 0.3 is 6.03 Å². The van der Waals surface area contributed by atoms with Gasteiger partial charge in [0.15, 0.2) is 0 Å². The average Bonchev–Trinajstić information content (AvgIpc) is 3.02. The van der Waals surface area contributed by atoms with Crippen molar-refractivity contribution in [2.45, 2.75) is 44.1 Å². The number of benzene rings is 1. The molecule has 1 saturated carbocycles. The molecule has 5 nitrogen and oxygen atoms in total. The first-order chi connectivity index (χ1) is 11.9. The molecule has 1 aromatic carbocycles. The molecule has 0 aromatic heterocycles. The van der Waals surface area contributed by atoms with E-state index in [0.29, 0.717) is 11.8 Å². The van der Waals surface area contributed by atoms with Crippen LogP contribution in [0.1, 0.15) is 38.7 Å². The summed E-state index contributed by atoms with van der Waals surface area (Å²) in [4.78, 5) is 30.1. The predicted octanol–water partition coefficient (Wildman–Crippen LogP) is 2.50. The van der Waals surface area contributed by atoms with Crippen molar-refractivity contribution in [1.82, 2.24) is 10.2 Å². The third-order valence-electron chi connectivity index (χ3n) is 7.00. The van der Waals surface area contributed by atoms with E-state index in [9.17, 15) is 9.59 Å². The highest BCUT2D eigenvalue weighted by molar-refractivity contribution is 6.22. The number of imide groups is 1. The van der Waals surface area contributed by atoms with E-state index in [4.69, 9.17) is 0 Å². The van der Waals surface area contributed by atoms with Crippen LogP contribution in [-0.4, -0.2) is 42.0 Å². The Hall–Kier alpha value is -1.88. The zero-order valence-corrected chi connectivity index (χ0v) is 14.9. The Morgan fingerprint density at radius 2 is 1.84 bits per heavy atom. The Labute approximate surface area is 148 Å². The minimum Gasteiger partial charge on any atom is -0.332 e. The molecule has 3 amide bonds. The van der Waals surface area contributed by atoms with Crippen molar-refractivity contribution >= 4 is 17.6 Å². The average molecular weight is 339 g/mol. The van der Waals surface area contributed by atoms with Crippen molar-refractivity contribution in [3.8, 4) is 0 Å². The minimum absolute atomic E-state index is 0.125. The molecule has 25 heavy (non-hydrogen) atoms. The van der Waals surface area contributed by atoms with Crippen LogP contribution in [0.25, 0.3) is 0 Å². The molecule has 132 valence electrons. The number of fused-ring (bicyclic) bond motifs is 2. The van der Waals surface area contributed by atoms with E-state index in [1.54, 1.807) is 0 Å². The standard InChI is InChI=1S/C20H25N3O2/c1-19(2)15-5-3-4-6-16(15)23(17(19)24)18(25)21-20-7-8-22-11-13(9-20)14(10-20)12-22/h3-6,13-14H,7-12H2,1-2H3,(H,21,25). The Kier molecular flexibility index (Phi) is 2.98. The summed E-state index contributed by atoms with van der Waals surface area (Å²) in [5.41, 5.74) is 0.897. The van der Waals surface area contributed by atoms with Gasteiger partial charge in [-0.05, 0) is 56.6 Å². The number of carbonyl (C=O) groups excluding carboxylic acids is 2. The second-order valence-corrected chi connectivity index (χ2v) is 8.93. The fourth-order valence-corrected chi connectivity index (χ4v) is 5.69. The highest BCUT2D eigenvalue weighted by Crippen LogP contribution is 2.49. The van der Waals surface area contributed by atoms with Crippen molar-refractivity contribution in [2.75, 3.05) is 24.5 Å². The molecule has 5 heteroatoms. The second kappa shape index (κ2) is 4.85. The number of rotatable bonds is 1. The van der Waals surface area contributed by atoms with Crippen LogP contribution in [0, 0.1) is 11.8 Å². The smallest absolute Gasteiger partial charge is 0.329 e. The van der Waals surface area contributed by atoms with Gasteiger partial charge in [-0.15, -0.1) is 0 Å². The largest absolute Gasteiger partial charge is 0.332 e. The molecular formula is C20H25N3O2. The van der Waals surface area contributed by atoms with Crippen LogP contribution in [-0.2, 0) is 10.2 Å². The molecule has 0 spiro atoms. The molecule has 4 aliphatic heterocycles. The number of nitrogens with one attached hydrogen (secondary N) is 1. The minimum atomic E-state index is -0.652. The lowest BCUT2D eigenvalue weighted by Gasteiger charge is -2.32. The van der Waals surface area contributed by atoms with Crippen molar-refractivity contribution in [1.29, 1.82) is 0 Å². The number of hydrogen-bond acceptors (Lipinski definition) is 3. The van der Waals surface area contributed by atoms with Gasteiger partial charge in [0.25, 0.3) is 0 Å². The first kappa shape index (κ1) is 15.4. The first-order valence-corrected chi connectivity index (χ1v) is 9.38. The maximum atomic E-state index is 13.2. The lowest BCUT2D eigenvalue weighted by Crippen LogP contribution is -2.54. The molecule has 2 atom stereocenters. The van der Waals surface area contributed by atoms with Crippen LogP contribution in [0.5, 0.6) is 0 Å². The van der Waals surface area contributed by atoms with Gasteiger partial charge in [0.1, 0.15) is 0 Å². The molecular weight excluding hydrogens is 314 g/mol. The van der Waals surface area contributed by atoms with Gasteiger partial charge in [0, 0.05) is 25.2 Å². The Morgan fingerprint density at radius 3 is 2.56 bits per heavy atom. The zero-order valence-electron chi connectivity index (χ0n) is 14.9. The number of anilines is 1. The SMILES string of the molecule is CC1(C)C(=O)N(C(=O)NC23CCN4CC(C2)C(C4)C3)c2ccccc21. The fourth-order valence-electron chi connectivity index (χ4n) is 5.69. The van der Waals surface area contributed by atoms with Gasteiger partial charge < -0.3 is 10.2 Å². The van der Waals surface area contributed by atoms with Crippen molar-refractivity contribution in [2.24, 2.45) is 11.8 Å². The summed E-state index contributed by atoms with van der Waals surface area (Å²) in [7, 11) is 0. The van der Waals surface area contributed by atoms with E-state index in [0.717, 1.165) is 37.1 Å². The van der Waals surface area contributed by atoms with E-state index in [1.165, 1.54) is 18.0 Å². The van der Waals surface area contributed by atoms with Gasteiger partial charge in [-0.25, -0.2) is 9.69 Å². The van der Waals surface area contributed by atoms with Crippen LogP contribution in [0.4, 0.5) is 10.5 Å². The molecule has 0 radical (unpaired) electrons. The van der Waals surface area contributed by atoms with Crippen LogP contribution < -0.4 is 10.2 Å². The molecule has 2 unspecified atom stereocenters. The Balaban J connectivity index is 1.45. The summed E-state index contributed by atoms with van der Waals surface area (Å²) in [5.74, 6) is 1.29. The van der Waals surface area contributed by atoms with E-state index < -0.39 is 5.41 Å². The molecule has 3 saturated heterocycles. The lowest BCUT2D eigenvalue weighted by atomic mass is 9.86. The monoisotopic (exact) mass is 339 g/mol. The van der Waals surface area contributed by atoms with Crippen LogP contribution >= 0.6 is 0 Å². The Bertz CT molecular complexity index is 758. The first-order valence-electron chi connectivity index (χ1n) is 9.38. The van der Waals surface area contributed by atoms with Crippen molar-refractivity contribution in [3.05, 3.63) is 29.8 Å². The molecule has 4 bridgehead atoms. The van der Waals surface area contributed by atoms with Gasteiger partial charge in [-0.3, -0.25) is 4.79 Å². The van der Waals surface area contributed by atoms with Crippen LogP contribution in [0.3, 0.4) is 0 Å². The molecule has 6 rings (SSSR count). The molecule has 1 aromatic rings. The van der Waals surface area contributed by atoms with Crippen LogP contribution in [0.15, 0.2) is 24.3 Å². The van der Waals surface area contributed by atoms with Gasteiger partial charge in [0.2, 0.25) is 5.91 Å². The summed E-state index contributed by atoms with van der Waals surface area (Å²) < 4.78 is 0. The van der Waals surface area contributed by atoms with Crippen molar-refractivity contribution < 1.29 is 9.59 Å². The zero-order chi connectivity index (χ0) is 17.4. The topological polar surface area (TPSA) is 52.7 Å². The maximum absolute atomic E-state index is 13.2.